The summed E-state index contributed by atoms with van der Waals surface area (Å²) in [6.45, 7) is 1.82. The van der Waals surface area contributed by atoms with Crippen molar-refractivity contribution in [3.63, 3.8) is 0 Å². The van der Waals surface area contributed by atoms with E-state index in [1.807, 2.05) is 0 Å². The van der Waals surface area contributed by atoms with E-state index in [-0.39, 0.29) is 17.5 Å². The van der Waals surface area contributed by atoms with Gasteiger partial charge in [0.05, 0.1) is 4.90 Å². The molecule has 0 amide bonds. The van der Waals surface area contributed by atoms with Gasteiger partial charge >= 0.3 is 0 Å². The lowest BCUT2D eigenvalue weighted by atomic mass is 10.2. The van der Waals surface area contributed by atoms with E-state index >= 15 is 0 Å². The van der Waals surface area contributed by atoms with Crippen molar-refractivity contribution < 1.29 is 13.5 Å². The Hall–Kier alpha value is -1.35. The van der Waals surface area contributed by atoms with Crippen LogP contribution in [0.5, 0.6) is 0 Å². The van der Waals surface area contributed by atoms with Crippen molar-refractivity contribution in [1.29, 1.82) is 0 Å². The number of nitrogens with one attached hydrogen (secondary N) is 1. The summed E-state index contributed by atoms with van der Waals surface area (Å²) >= 11 is 0. The topological polar surface area (TPSA) is 66.4 Å². The zero-order chi connectivity index (χ0) is 13.9. The van der Waals surface area contributed by atoms with E-state index in [4.69, 9.17) is 5.11 Å². The van der Waals surface area contributed by atoms with Gasteiger partial charge in [-0.25, -0.2) is 13.1 Å². The lowest BCUT2D eigenvalue weighted by Gasteiger charge is -2.06. The molecule has 1 aliphatic rings. The van der Waals surface area contributed by atoms with Crippen LogP contribution < -0.4 is 4.72 Å². The monoisotopic (exact) mass is 279 g/mol. The predicted octanol–water partition coefficient (Wildman–Crippen LogP) is 1.11. The molecule has 2 rings (SSSR count). The third kappa shape index (κ3) is 3.57. The average Bonchev–Trinajstić information content (AvgIpc) is 3.14. The number of benzene rings is 1. The van der Waals surface area contributed by atoms with Gasteiger partial charge in [-0.2, -0.15) is 0 Å². The number of aliphatic hydroxyl groups excluding tert-OH is 1. The molecule has 1 aromatic rings. The van der Waals surface area contributed by atoms with Crippen LogP contribution in [0.4, 0.5) is 0 Å². The number of hydrogen-bond donors (Lipinski definition) is 2. The first-order valence-corrected chi connectivity index (χ1v) is 7.77. The molecular formula is C14H17NO3S. The maximum absolute atomic E-state index is 12.2. The Morgan fingerprint density at radius 2 is 2.26 bits per heavy atom. The van der Waals surface area contributed by atoms with E-state index in [0.29, 0.717) is 11.5 Å². The second kappa shape index (κ2) is 5.74. The smallest absolute Gasteiger partial charge is 0.240 e. The van der Waals surface area contributed by atoms with Crippen LogP contribution in [0.25, 0.3) is 0 Å². The van der Waals surface area contributed by atoms with Crippen molar-refractivity contribution in [2.45, 2.75) is 30.7 Å². The summed E-state index contributed by atoms with van der Waals surface area (Å²) in [4.78, 5) is 0.221. The summed E-state index contributed by atoms with van der Waals surface area (Å²) < 4.78 is 27.0. The van der Waals surface area contributed by atoms with Gasteiger partial charge in [-0.3, -0.25) is 0 Å². The Kier molecular flexibility index (Phi) is 4.25. The van der Waals surface area contributed by atoms with Crippen molar-refractivity contribution in [2.75, 3.05) is 6.61 Å². The Morgan fingerprint density at radius 1 is 1.47 bits per heavy atom. The number of aliphatic hydroxyl groups is 1. The molecule has 1 aliphatic carbocycles. The standard InChI is InChI=1S/C14H17NO3S/c1-2-12-10-14(12)15-19(17,18)13-7-3-5-11(9-13)6-4-8-16/h3,5,7,9,12,14-16H,2,8,10H2,1H3. The SMILES string of the molecule is CCC1CC1NS(=O)(=O)c1cccc(C#CCO)c1. The van der Waals surface area contributed by atoms with Crippen LogP contribution in [-0.4, -0.2) is 26.2 Å². The molecular weight excluding hydrogens is 262 g/mol. The van der Waals surface area contributed by atoms with Crippen molar-refractivity contribution in [3.8, 4) is 11.8 Å². The van der Waals surface area contributed by atoms with Gasteiger partial charge in [0.25, 0.3) is 0 Å². The number of sulfonamides is 1. The molecule has 1 fully saturated rings. The van der Waals surface area contributed by atoms with Crippen molar-refractivity contribution in [3.05, 3.63) is 29.8 Å². The highest BCUT2D eigenvalue weighted by Crippen LogP contribution is 2.34. The van der Waals surface area contributed by atoms with Gasteiger partial charge < -0.3 is 5.11 Å². The molecule has 0 heterocycles. The molecule has 0 bridgehead atoms. The van der Waals surface area contributed by atoms with Gasteiger partial charge in [0.15, 0.2) is 0 Å². The van der Waals surface area contributed by atoms with Crippen LogP contribution >= 0.6 is 0 Å². The Labute approximate surface area is 113 Å². The second-order valence-corrected chi connectivity index (χ2v) is 6.33. The van der Waals surface area contributed by atoms with E-state index in [0.717, 1.165) is 12.8 Å². The molecule has 0 saturated heterocycles. The third-order valence-corrected chi connectivity index (χ3v) is 4.70. The number of hydrogen-bond acceptors (Lipinski definition) is 3. The summed E-state index contributed by atoms with van der Waals surface area (Å²) in [5, 5.41) is 8.64. The average molecular weight is 279 g/mol. The first kappa shape index (κ1) is 14.1. The molecule has 102 valence electrons. The third-order valence-electron chi connectivity index (χ3n) is 3.21. The van der Waals surface area contributed by atoms with E-state index < -0.39 is 10.0 Å². The highest BCUT2D eigenvalue weighted by molar-refractivity contribution is 7.89. The highest BCUT2D eigenvalue weighted by Gasteiger charge is 2.38. The molecule has 2 atom stereocenters. The van der Waals surface area contributed by atoms with Crippen LogP contribution in [0.3, 0.4) is 0 Å². The van der Waals surface area contributed by atoms with E-state index in [1.54, 1.807) is 18.2 Å². The lowest BCUT2D eigenvalue weighted by Crippen LogP contribution is -2.27. The summed E-state index contributed by atoms with van der Waals surface area (Å²) in [6.07, 6.45) is 1.91. The zero-order valence-electron chi connectivity index (χ0n) is 10.8. The lowest BCUT2D eigenvalue weighted by molar-refractivity contribution is 0.350. The molecule has 2 N–H and O–H groups in total. The van der Waals surface area contributed by atoms with Gasteiger partial charge in [0.2, 0.25) is 10.0 Å². The normalized spacial score (nSPS) is 21.6. The van der Waals surface area contributed by atoms with Gasteiger partial charge in [0, 0.05) is 11.6 Å². The molecule has 2 unspecified atom stereocenters. The summed E-state index contributed by atoms with van der Waals surface area (Å²) in [7, 11) is -3.47. The van der Waals surface area contributed by atoms with Crippen LogP contribution in [0, 0.1) is 17.8 Å². The number of rotatable bonds is 4. The van der Waals surface area contributed by atoms with Gasteiger partial charge in [0.1, 0.15) is 6.61 Å². The molecule has 0 aliphatic heterocycles. The quantitative estimate of drug-likeness (QED) is 0.811. The minimum Gasteiger partial charge on any atom is -0.384 e. The van der Waals surface area contributed by atoms with Crippen molar-refractivity contribution >= 4 is 10.0 Å². The predicted molar refractivity (Wildman–Crippen MR) is 72.9 cm³/mol. The first-order valence-electron chi connectivity index (χ1n) is 6.29. The van der Waals surface area contributed by atoms with E-state index in [1.165, 1.54) is 6.07 Å². The van der Waals surface area contributed by atoms with Crippen LogP contribution in [0.2, 0.25) is 0 Å². The van der Waals surface area contributed by atoms with Crippen LogP contribution in [0.1, 0.15) is 25.3 Å². The maximum atomic E-state index is 12.2. The molecule has 5 heteroatoms. The minimum absolute atomic E-state index is 0.0715. The van der Waals surface area contributed by atoms with Gasteiger partial charge in [-0.05, 0) is 30.5 Å². The van der Waals surface area contributed by atoms with Crippen molar-refractivity contribution in [2.24, 2.45) is 5.92 Å². The molecule has 1 saturated carbocycles. The minimum atomic E-state index is -3.47. The van der Waals surface area contributed by atoms with Crippen LogP contribution in [-0.2, 0) is 10.0 Å². The summed E-state index contributed by atoms with van der Waals surface area (Å²) in [5.41, 5.74) is 0.583. The molecule has 1 aromatic carbocycles. The maximum Gasteiger partial charge on any atom is 0.240 e. The Balaban J connectivity index is 2.16. The zero-order valence-corrected chi connectivity index (χ0v) is 11.6. The van der Waals surface area contributed by atoms with Gasteiger partial charge in [-0.1, -0.05) is 31.3 Å². The highest BCUT2D eigenvalue weighted by atomic mass is 32.2. The Bertz CT molecular complexity index is 613. The van der Waals surface area contributed by atoms with E-state index in [9.17, 15) is 8.42 Å². The summed E-state index contributed by atoms with van der Waals surface area (Å²) in [5.74, 6) is 5.67. The Morgan fingerprint density at radius 3 is 2.89 bits per heavy atom. The van der Waals surface area contributed by atoms with Gasteiger partial charge in [-0.15, -0.1) is 0 Å². The molecule has 0 radical (unpaired) electrons. The fourth-order valence-corrected chi connectivity index (χ4v) is 3.36. The molecule has 4 nitrogen and oxygen atoms in total. The van der Waals surface area contributed by atoms with Crippen molar-refractivity contribution in [1.82, 2.24) is 4.72 Å². The first-order chi connectivity index (χ1) is 9.06. The largest absolute Gasteiger partial charge is 0.384 e. The van der Waals surface area contributed by atoms with E-state index in [2.05, 4.69) is 23.5 Å². The molecule has 0 aromatic heterocycles. The molecule has 0 spiro atoms. The molecule has 19 heavy (non-hydrogen) atoms. The second-order valence-electron chi connectivity index (χ2n) is 4.62. The fraction of sp³-hybridized carbons (Fsp3) is 0.429. The van der Waals surface area contributed by atoms with Crippen LogP contribution in [0.15, 0.2) is 29.2 Å². The fourth-order valence-electron chi connectivity index (χ4n) is 1.99. The summed E-state index contributed by atoms with van der Waals surface area (Å²) in [6, 6.07) is 6.51.